The van der Waals surface area contributed by atoms with E-state index in [-0.39, 0.29) is 17.8 Å². The molecule has 0 aromatic carbocycles. The average molecular weight is 402 g/mol. The van der Waals surface area contributed by atoms with Crippen molar-refractivity contribution in [2.75, 3.05) is 33.5 Å². The van der Waals surface area contributed by atoms with E-state index >= 15 is 0 Å². The molecule has 1 aromatic rings. The Bertz CT molecular complexity index is 735. The maximum Gasteiger partial charge on any atom is 0.313 e. The van der Waals surface area contributed by atoms with Crippen molar-refractivity contribution in [3.05, 3.63) is 16.6 Å². The summed E-state index contributed by atoms with van der Waals surface area (Å²) < 4.78 is 30.5. The number of sulfonamides is 1. The van der Waals surface area contributed by atoms with Crippen LogP contribution in [0.15, 0.2) is 10.9 Å². The molecule has 3 rings (SSSR count). The second-order valence-corrected chi connectivity index (χ2v) is 10.5. The van der Waals surface area contributed by atoms with Crippen LogP contribution in [-0.4, -0.2) is 74.2 Å². The van der Waals surface area contributed by atoms with E-state index in [1.54, 1.807) is 19.6 Å². The summed E-state index contributed by atoms with van der Waals surface area (Å²) in [6.45, 7) is 0.693. The Morgan fingerprint density at radius 2 is 2.23 bits per heavy atom. The van der Waals surface area contributed by atoms with E-state index in [2.05, 4.69) is 9.88 Å². The minimum Gasteiger partial charge on any atom is -0.469 e. The normalized spacial score (nSPS) is 28.8. The van der Waals surface area contributed by atoms with Gasteiger partial charge in [-0.15, -0.1) is 11.3 Å². The summed E-state index contributed by atoms with van der Waals surface area (Å²) in [5.74, 6) is -0.0311. The van der Waals surface area contributed by atoms with Crippen LogP contribution in [0.3, 0.4) is 0 Å². The fourth-order valence-corrected chi connectivity index (χ4v) is 6.01. The van der Waals surface area contributed by atoms with E-state index in [0.717, 1.165) is 25.0 Å². The summed E-state index contributed by atoms with van der Waals surface area (Å²) in [5.41, 5.74) is 2.16. The van der Waals surface area contributed by atoms with Crippen LogP contribution < -0.4 is 0 Å². The Hall–Kier alpha value is -1.03. The highest BCUT2D eigenvalue weighted by atomic mass is 32.2. The van der Waals surface area contributed by atoms with Crippen molar-refractivity contribution in [2.45, 2.75) is 44.2 Å². The van der Waals surface area contributed by atoms with E-state index in [9.17, 15) is 13.2 Å². The van der Waals surface area contributed by atoms with Crippen molar-refractivity contribution in [1.29, 1.82) is 0 Å². The number of ether oxygens (including phenoxy) is 1. The molecule has 1 aromatic heterocycles. The third kappa shape index (κ3) is 3.54. The van der Waals surface area contributed by atoms with Gasteiger partial charge in [0.05, 0.1) is 29.5 Å². The number of esters is 1. The van der Waals surface area contributed by atoms with Crippen molar-refractivity contribution in [2.24, 2.45) is 5.41 Å². The first-order valence-electron chi connectivity index (χ1n) is 8.91. The second-order valence-electron chi connectivity index (χ2n) is 7.45. The van der Waals surface area contributed by atoms with E-state index in [4.69, 9.17) is 4.74 Å². The summed E-state index contributed by atoms with van der Waals surface area (Å²) in [6, 6.07) is 0.420. The molecule has 9 heteroatoms. The summed E-state index contributed by atoms with van der Waals surface area (Å²) in [4.78, 5) is 19.5. The monoisotopic (exact) mass is 401 g/mol. The highest BCUT2D eigenvalue weighted by molar-refractivity contribution is 7.89. The van der Waals surface area contributed by atoms with Gasteiger partial charge in [0.1, 0.15) is 0 Å². The molecule has 3 heterocycles. The molecular weight excluding hydrogens is 374 g/mol. The van der Waals surface area contributed by atoms with E-state index in [1.807, 2.05) is 5.38 Å². The number of fused-ring (bicyclic) bond motifs is 2. The van der Waals surface area contributed by atoms with E-state index in [0.29, 0.717) is 25.4 Å². The maximum atomic E-state index is 12.7. The largest absolute Gasteiger partial charge is 0.469 e. The van der Waals surface area contributed by atoms with Crippen LogP contribution >= 0.6 is 11.3 Å². The highest BCUT2D eigenvalue weighted by Gasteiger charge is 2.60. The highest BCUT2D eigenvalue weighted by Crippen LogP contribution is 2.52. The number of methoxy groups -OCH3 is 1. The molecule has 2 aliphatic rings. The Morgan fingerprint density at radius 3 is 2.85 bits per heavy atom. The standard InChI is InChI=1S/C17H27N3O4S2/c1-19(2)26(22,23)8-4-7-20-14-5-6-15(20)17(10-14,16(21)24-3)9-13-11-25-12-18-13/h11-12,14-15H,4-10H2,1-3H3/t14-,15+,17+/m1/s1. The number of thiazole rings is 1. The predicted molar refractivity (Wildman–Crippen MR) is 100 cm³/mol. The molecule has 2 saturated heterocycles. The van der Waals surface area contributed by atoms with Gasteiger partial charge < -0.3 is 4.74 Å². The van der Waals surface area contributed by atoms with Gasteiger partial charge in [-0.1, -0.05) is 0 Å². The molecule has 0 radical (unpaired) electrons. The lowest BCUT2D eigenvalue weighted by atomic mass is 9.71. The Kier molecular flexibility index (Phi) is 5.72. The first kappa shape index (κ1) is 19.7. The summed E-state index contributed by atoms with van der Waals surface area (Å²) in [6.07, 6.45) is 3.94. The van der Waals surface area contributed by atoms with Gasteiger partial charge in [-0.05, 0) is 32.2 Å². The fraction of sp³-hybridized carbons (Fsp3) is 0.765. The minimum atomic E-state index is -3.19. The smallest absolute Gasteiger partial charge is 0.313 e. The third-order valence-electron chi connectivity index (χ3n) is 5.83. The van der Waals surface area contributed by atoms with Crippen LogP contribution in [0.4, 0.5) is 0 Å². The summed E-state index contributed by atoms with van der Waals surface area (Å²) in [7, 11) is 1.38. The third-order valence-corrected chi connectivity index (χ3v) is 8.38. The molecule has 0 unspecified atom stereocenters. The van der Waals surface area contributed by atoms with Crippen LogP contribution in [0.1, 0.15) is 31.4 Å². The first-order chi connectivity index (χ1) is 12.3. The SMILES string of the molecule is COC(=O)[C@@]1(Cc2cscn2)C[C@H]2CC[C@@H]1N2CCCS(=O)(=O)N(C)C. The number of carbonyl (C=O) groups excluding carboxylic acids is 1. The van der Waals surface area contributed by atoms with Crippen molar-refractivity contribution in [3.63, 3.8) is 0 Å². The molecule has 0 N–H and O–H groups in total. The molecule has 0 amide bonds. The second kappa shape index (κ2) is 7.53. The van der Waals surface area contributed by atoms with Crippen LogP contribution in [0.25, 0.3) is 0 Å². The van der Waals surface area contributed by atoms with Gasteiger partial charge in [0, 0.05) is 38.0 Å². The topological polar surface area (TPSA) is 79.8 Å². The molecule has 2 aliphatic heterocycles. The number of nitrogens with zero attached hydrogens (tertiary/aromatic N) is 3. The molecule has 146 valence electrons. The Balaban J connectivity index is 1.73. The van der Waals surface area contributed by atoms with E-state index < -0.39 is 15.4 Å². The van der Waals surface area contributed by atoms with Crippen LogP contribution in [0, 0.1) is 5.41 Å². The molecule has 26 heavy (non-hydrogen) atoms. The lowest BCUT2D eigenvalue weighted by Crippen LogP contribution is -2.46. The van der Waals surface area contributed by atoms with Crippen molar-refractivity contribution >= 4 is 27.3 Å². The zero-order valence-corrected chi connectivity index (χ0v) is 17.2. The van der Waals surface area contributed by atoms with Crippen LogP contribution in [0.2, 0.25) is 0 Å². The summed E-state index contributed by atoms with van der Waals surface area (Å²) >= 11 is 1.53. The maximum absolute atomic E-state index is 12.7. The minimum absolute atomic E-state index is 0.101. The van der Waals surface area contributed by atoms with Gasteiger partial charge in [0.15, 0.2) is 0 Å². The quantitative estimate of drug-likeness (QED) is 0.612. The zero-order valence-electron chi connectivity index (χ0n) is 15.6. The van der Waals surface area contributed by atoms with Gasteiger partial charge in [-0.3, -0.25) is 9.69 Å². The fourth-order valence-electron chi connectivity index (χ4n) is 4.59. The van der Waals surface area contributed by atoms with Gasteiger partial charge >= 0.3 is 5.97 Å². The van der Waals surface area contributed by atoms with Gasteiger partial charge in [0.25, 0.3) is 0 Å². The molecule has 0 aliphatic carbocycles. The van der Waals surface area contributed by atoms with Crippen molar-refractivity contribution in [3.8, 4) is 0 Å². The zero-order chi connectivity index (χ0) is 18.9. The molecule has 0 spiro atoms. The van der Waals surface area contributed by atoms with Crippen LogP contribution in [0.5, 0.6) is 0 Å². The van der Waals surface area contributed by atoms with Crippen molar-refractivity contribution in [1.82, 2.24) is 14.2 Å². The number of hydrogen-bond donors (Lipinski definition) is 0. The number of rotatable bonds is 8. The van der Waals surface area contributed by atoms with Crippen LogP contribution in [-0.2, 0) is 26.0 Å². The number of aromatic nitrogens is 1. The molecular formula is C17H27N3O4S2. The molecule has 2 bridgehead atoms. The van der Waals surface area contributed by atoms with Gasteiger partial charge in [0.2, 0.25) is 10.0 Å². The molecule has 3 atom stereocenters. The molecule has 2 fully saturated rings. The number of hydrogen-bond acceptors (Lipinski definition) is 7. The average Bonchev–Trinajstić information content (AvgIpc) is 3.30. The number of carbonyl (C=O) groups is 1. The predicted octanol–water partition coefficient (Wildman–Crippen LogP) is 1.36. The molecule has 0 saturated carbocycles. The lowest BCUT2D eigenvalue weighted by Gasteiger charge is -2.34. The van der Waals surface area contributed by atoms with Gasteiger partial charge in [-0.2, -0.15) is 0 Å². The Morgan fingerprint density at radius 1 is 1.46 bits per heavy atom. The lowest BCUT2D eigenvalue weighted by molar-refractivity contribution is -0.155. The molecule has 7 nitrogen and oxygen atoms in total. The van der Waals surface area contributed by atoms with Gasteiger partial charge in [-0.25, -0.2) is 17.7 Å². The van der Waals surface area contributed by atoms with E-state index in [1.165, 1.54) is 22.8 Å². The van der Waals surface area contributed by atoms with Crippen molar-refractivity contribution < 1.29 is 17.9 Å². The summed E-state index contributed by atoms with van der Waals surface area (Å²) in [5, 5.41) is 1.99. The Labute approximate surface area is 159 Å². The first-order valence-corrected chi connectivity index (χ1v) is 11.5.